The molecule has 4 nitrogen and oxygen atoms in total. The maximum absolute atomic E-state index is 12.4. The predicted molar refractivity (Wildman–Crippen MR) is 149 cm³/mol. The largest absolute Gasteiger partial charge is 0.481 e. The minimum Gasteiger partial charge on any atom is -0.481 e. The fraction of sp³-hybridized carbons (Fsp3) is 0.806. The molecule has 0 aliphatic carbocycles. The van der Waals surface area contributed by atoms with Crippen LogP contribution in [-0.2, 0) is 14.3 Å². The van der Waals surface area contributed by atoms with Crippen LogP contribution < -0.4 is 0 Å². The lowest BCUT2D eigenvalue weighted by molar-refractivity contribution is -0.147. The lowest BCUT2D eigenvalue weighted by Crippen LogP contribution is -2.16. The first-order valence-electron chi connectivity index (χ1n) is 14.8. The zero-order chi connectivity index (χ0) is 25.8. The van der Waals surface area contributed by atoms with E-state index in [4.69, 9.17) is 9.84 Å². The maximum atomic E-state index is 12.4. The average Bonchev–Trinajstić information content (AvgIpc) is 2.83. The van der Waals surface area contributed by atoms with E-state index in [1.54, 1.807) is 0 Å². The number of ether oxygens (including phenoxy) is 1. The molecule has 0 radical (unpaired) electrons. The van der Waals surface area contributed by atoms with Crippen molar-refractivity contribution >= 4 is 11.9 Å². The van der Waals surface area contributed by atoms with Crippen LogP contribution in [0.3, 0.4) is 0 Å². The van der Waals surface area contributed by atoms with E-state index in [0.717, 1.165) is 51.4 Å². The van der Waals surface area contributed by atoms with Gasteiger partial charge in [0.25, 0.3) is 0 Å². The molecular weight excluding hydrogens is 436 g/mol. The van der Waals surface area contributed by atoms with Crippen LogP contribution in [0.4, 0.5) is 0 Å². The summed E-state index contributed by atoms with van der Waals surface area (Å²) >= 11 is 0. The smallest absolute Gasteiger partial charge is 0.306 e. The molecule has 0 amide bonds. The van der Waals surface area contributed by atoms with Gasteiger partial charge in [-0.25, -0.2) is 0 Å². The van der Waals surface area contributed by atoms with Gasteiger partial charge >= 0.3 is 11.9 Å². The highest BCUT2D eigenvalue weighted by Gasteiger charge is 2.11. The Morgan fingerprint density at radius 3 is 1.77 bits per heavy atom. The number of unbranched alkanes of at least 4 members (excludes halogenated alkanes) is 15. The van der Waals surface area contributed by atoms with E-state index in [-0.39, 0.29) is 18.5 Å². The van der Waals surface area contributed by atoms with Gasteiger partial charge in [0, 0.05) is 12.8 Å². The molecule has 0 saturated heterocycles. The van der Waals surface area contributed by atoms with E-state index in [2.05, 4.69) is 38.2 Å². The van der Waals surface area contributed by atoms with Gasteiger partial charge in [0.15, 0.2) is 0 Å². The maximum Gasteiger partial charge on any atom is 0.306 e. The van der Waals surface area contributed by atoms with Crippen molar-refractivity contribution in [3.63, 3.8) is 0 Å². The van der Waals surface area contributed by atoms with Crippen molar-refractivity contribution in [1.29, 1.82) is 0 Å². The summed E-state index contributed by atoms with van der Waals surface area (Å²) in [6.45, 7) is 4.46. The van der Waals surface area contributed by atoms with Crippen molar-refractivity contribution in [2.24, 2.45) is 0 Å². The lowest BCUT2D eigenvalue weighted by atomic mass is 10.1. The van der Waals surface area contributed by atoms with Crippen LogP contribution in [0.5, 0.6) is 0 Å². The first-order valence-corrected chi connectivity index (χ1v) is 14.8. The lowest BCUT2D eigenvalue weighted by Gasteiger charge is -2.15. The number of carboxylic acid groups (broad SMARTS) is 1. The van der Waals surface area contributed by atoms with Crippen LogP contribution in [0.15, 0.2) is 24.3 Å². The Hall–Kier alpha value is -1.58. The minimum atomic E-state index is -0.725. The summed E-state index contributed by atoms with van der Waals surface area (Å²) in [5.74, 6) is -0.802. The van der Waals surface area contributed by atoms with Crippen LogP contribution >= 0.6 is 0 Å². The van der Waals surface area contributed by atoms with Crippen molar-refractivity contribution in [2.45, 2.75) is 161 Å². The van der Waals surface area contributed by atoms with E-state index >= 15 is 0 Å². The summed E-state index contributed by atoms with van der Waals surface area (Å²) in [6.07, 6.45) is 31.9. The molecule has 0 spiro atoms. The normalized spacial score (nSPS) is 12.5. The monoisotopic (exact) mass is 492 g/mol. The number of carbonyl (C=O) groups excluding carboxylic acids is 1. The highest BCUT2D eigenvalue weighted by atomic mass is 16.5. The first-order chi connectivity index (χ1) is 17.1. The summed E-state index contributed by atoms with van der Waals surface area (Å²) in [5, 5.41) is 8.75. The molecule has 0 aromatic carbocycles. The Balaban J connectivity index is 4.04. The molecule has 0 aliphatic rings. The highest BCUT2D eigenvalue weighted by molar-refractivity contribution is 5.69. The van der Waals surface area contributed by atoms with Gasteiger partial charge in [0.05, 0.1) is 0 Å². The molecule has 0 fully saturated rings. The van der Waals surface area contributed by atoms with Crippen LogP contribution in [0, 0.1) is 0 Å². The van der Waals surface area contributed by atoms with Gasteiger partial charge in [-0.05, 0) is 70.3 Å². The SMILES string of the molecule is CCCCC/C=C\CCCCCCCC(=O)OC(/C=C\CCCCCC)CCCCCCC(=O)O. The van der Waals surface area contributed by atoms with E-state index in [1.807, 2.05) is 0 Å². The topological polar surface area (TPSA) is 63.6 Å². The quantitative estimate of drug-likeness (QED) is 0.0741. The number of hydrogen-bond donors (Lipinski definition) is 1. The minimum absolute atomic E-state index is 0.0773. The molecule has 0 bridgehead atoms. The predicted octanol–water partition coefficient (Wildman–Crippen LogP) is 9.72. The fourth-order valence-electron chi connectivity index (χ4n) is 4.14. The van der Waals surface area contributed by atoms with Gasteiger partial charge in [0.1, 0.15) is 6.10 Å². The molecule has 1 N–H and O–H groups in total. The van der Waals surface area contributed by atoms with Gasteiger partial charge in [-0.3, -0.25) is 9.59 Å². The number of aliphatic carboxylic acids is 1. The Morgan fingerprint density at radius 2 is 1.11 bits per heavy atom. The van der Waals surface area contributed by atoms with Crippen molar-refractivity contribution in [2.75, 3.05) is 0 Å². The molecule has 1 unspecified atom stereocenters. The van der Waals surface area contributed by atoms with E-state index < -0.39 is 5.97 Å². The van der Waals surface area contributed by atoms with Gasteiger partial charge in [0.2, 0.25) is 0 Å². The number of carbonyl (C=O) groups is 2. The second-order valence-electron chi connectivity index (χ2n) is 9.93. The van der Waals surface area contributed by atoms with Crippen molar-refractivity contribution in [3.8, 4) is 0 Å². The summed E-state index contributed by atoms with van der Waals surface area (Å²) in [5.41, 5.74) is 0. The highest BCUT2D eigenvalue weighted by Crippen LogP contribution is 2.14. The number of allylic oxidation sites excluding steroid dienone is 3. The van der Waals surface area contributed by atoms with Crippen LogP contribution in [0.25, 0.3) is 0 Å². The summed E-state index contributed by atoms with van der Waals surface area (Å²) in [7, 11) is 0. The molecule has 4 heteroatoms. The Labute approximate surface area is 217 Å². The summed E-state index contributed by atoms with van der Waals surface area (Å²) in [4.78, 5) is 23.0. The Kier molecular flexibility index (Phi) is 25.8. The van der Waals surface area contributed by atoms with Crippen molar-refractivity contribution in [1.82, 2.24) is 0 Å². The molecule has 1 atom stereocenters. The third-order valence-electron chi connectivity index (χ3n) is 6.38. The molecule has 0 aliphatic heterocycles. The molecule has 0 heterocycles. The van der Waals surface area contributed by atoms with Gasteiger partial charge in [-0.1, -0.05) is 96.3 Å². The van der Waals surface area contributed by atoms with Crippen molar-refractivity contribution < 1.29 is 19.4 Å². The van der Waals surface area contributed by atoms with E-state index in [0.29, 0.717) is 6.42 Å². The van der Waals surface area contributed by atoms with Gasteiger partial charge in [-0.15, -0.1) is 0 Å². The van der Waals surface area contributed by atoms with E-state index in [9.17, 15) is 9.59 Å². The summed E-state index contributed by atoms with van der Waals surface area (Å²) in [6, 6.07) is 0. The van der Waals surface area contributed by atoms with Gasteiger partial charge < -0.3 is 9.84 Å². The van der Waals surface area contributed by atoms with Gasteiger partial charge in [-0.2, -0.15) is 0 Å². The third kappa shape index (κ3) is 26.9. The first kappa shape index (κ1) is 33.4. The van der Waals surface area contributed by atoms with Crippen LogP contribution in [0.1, 0.15) is 155 Å². The number of rotatable bonds is 26. The molecule has 0 aromatic rings. The third-order valence-corrected chi connectivity index (χ3v) is 6.38. The molecule has 204 valence electrons. The fourth-order valence-corrected chi connectivity index (χ4v) is 4.14. The number of hydrogen-bond acceptors (Lipinski definition) is 3. The van der Waals surface area contributed by atoms with Crippen LogP contribution in [0.2, 0.25) is 0 Å². The second kappa shape index (κ2) is 27.0. The standard InChI is InChI=1S/C31H56O4/c1-3-5-7-9-11-12-13-14-15-16-18-24-28-31(34)35-29(25-21-17-10-8-6-4-2)26-22-19-20-23-27-30(32)33/h11-12,21,25,29H,3-10,13-20,22-24,26-28H2,1-2H3,(H,32,33)/b12-11-,25-21-. The molecular formula is C31H56O4. The molecule has 0 saturated carbocycles. The van der Waals surface area contributed by atoms with Crippen molar-refractivity contribution in [3.05, 3.63) is 24.3 Å². The average molecular weight is 493 g/mol. The summed E-state index contributed by atoms with van der Waals surface area (Å²) < 4.78 is 5.79. The second-order valence-corrected chi connectivity index (χ2v) is 9.93. The molecule has 0 aromatic heterocycles. The Morgan fingerprint density at radius 1 is 0.629 bits per heavy atom. The van der Waals surface area contributed by atoms with Crippen LogP contribution in [-0.4, -0.2) is 23.1 Å². The zero-order valence-electron chi connectivity index (χ0n) is 23.1. The zero-order valence-corrected chi connectivity index (χ0v) is 23.1. The molecule has 35 heavy (non-hydrogen) atoms. The molecule has 0 rings (SSSR count). The Bertz CT molecular complexity index is 538. The van der Waals surface area contributed by atoms with E-state index in [1.165, 1.54) is 77.0 Å². The number of carboxylic acids is 1. The number of esters is 1.